The van der Waals surface area contributed by atoms with Crippen LogP contribution >= 0.6 is 11.3 Å². The fourth-order valence-corrected chi connectivity index (χ4v) is 1.91. The molecule has 0 bridgehead atoms. The molecule has 0 unspecified atom stereocenters. The Labute approximate surface area is 72.4 Å². The second-order valence-electron chi connectivity index (χ2n) is 1.70. The van der Waals surface area contributed by atoms with Crippen LogP contribution in [0.25, 0.3) is 0 Å². The molecule has 0 N–H and O–H groups in total. The first-order chi connectivity index (χ1) is 4.84. The summed E-state index contributed by atoms with van der Waals surface area (Å²) in [5.74, 6) is 0. The molecule has 0 radical (unpaired) electrons. The van der Waals surface area contributed by atoms with Crippen LogP contribution in [-0.2, 0) is 4.74 Å². The molecule has 0 aliphatic heterocycles. The van der Waals surface area contributed by atoms with Crippen LogP contribution in [0.3, 0.4) is 0 Å². The van der Waals surface area contributed by atoms with Crippen molar-refractivity contribution in [1.82, 2.24) is 0 Å². The Morgan fingerprint density at radius 1 is 1.80 bits per heavy atom. The van der Waals surface area contributed by atoms with E-state index in [0.29, 0.717) is 0 Å². The van der Waals surface area contributed by atoms with Gasteiger partial charge in [0.25, 0.3) is 0 Å². The third-order valence-electron chi connectivity index (χ3n) is 0.998. The quantitative estimate of drug-likeness (QED) is 0.699. The van der Waals surface area contributed by atoms with Gasteiger partial charge in [-0.2, -0.15) is 0 Å². The zero-order valence-electron chi connectivity index (χ0n) is 5.66. The van der Waals surface area contributed by atoms with Gasteiger partial charge in [0.15, 0.2) is 0 Å². The average molecular weight is 219 g/mol. The summed E-state index contributed by atoms with van der Waals surface area (Å²) in [6.45, 7) is 2.70. The molecular weight excluding hydrogens is 211 g/mol. The van der Waals surface area contributed by atoms with Crippen LogP contribution in [0.5, 0.6) is 0 Å². The van der Waals surface area contributed by atoms with Gasteiger partial charge in [-0.05, 0) is 0 Å². The molecule has 1 aromatic heterocycles. The predicted octanol–water partition coefficient (Wildman–Crippen LogP) is 1.43. The molecule has 54 valence electrons. The van der Waals surface area contributed by atoms with Gasteiger partial charge < -0.3 is 0 Å². The summed E-state index contributed by atoms with van der Waals surface area (Å²) in [5, 5.41) is 2.03. The summed E-state index contributed by atoms with van der Waals surface area (Å²) < 4.78 is 6.16. The first-order valence-corrected chi connectivity index (χ1v) is 4.79. The van der Waals surface area contributed by atoms with E-state index in [1.807, 2.05) is 24.4 Å². The molecule has 0 aromatic carbocycles. The van der Waals surface area contributed by atoms with Gasteiger partial charge in [-0.1, -0.05) is 0 Å². The summed E-state index contributed by atoms with van der Waals surface area (Å²) in [6.07, 6.45) is 0. The van der Waals surface area contributed by atoms with Crippen LogP contribution in [0.15, 0.2) is 17.5 Å². The van der Waals surface area contributed by atoms with Crippen molar-refractivity contribution in [2.24, 2.45) is 0 Å². The number of rotatable bonds is 3. The van der Waals surface area contributed by atoms with E-state index in [0.717, 1.165) is 11.2 Å². The van der Waals surface area contributed by atoms with Crippen molar-refractivity contribution in [2.75, 3.05) is 6.61 Å². The normalized spacial score (nSPS) is 9.30. The molecular formula is C7H8OSSe. The summed E-state index contributed by atoms with van der Waals surface area (Å²) in [4.78, 5) is 1.17. The minimum atomic E-state index is 0.722. The second-order valence-corrected chi connectivity index (χ2v) is 3.42. The Kier molecular flexibility index (Phi) is 3.13. The molecule has 1 nitrogen and oxygen atoms in total. The van der Waals surface area contributed by atoms with Gasteiger partial charge >= 0.3 is 72.2 Å². The summed E-state index contributed by atoms with van der Waals surface area (Å²) in [6, 6.07) is 4.04. The standard InChI is InChI=1S/C7H8OSSe/c1-2-8-7(10)6-4-3-5-9-6/h3-5H,2H2,1H3. The van der Waals surface area contributed by atoms with Crippen molar-refractivity contribution in [1.29, 1.82) is 0 Å². The van der Waals surface area contributed by atoms with Crippen LogP contribution in [-0.4, -0.2) is 26.8 Å². The van der Waals surface area contributed by atoms with E-state index in [9.17, 15) is 0 Å². The third kappa shape index (κ3) is 1.94. The minimum absolute atomic E-state index is 0.722. The predicted molar refractivity (Wildman–Crippen MR) is 45.8 cm³/mol. The first kappa shape index (κ1) is 7.99. The molecule has 1 rings (SSSR count). The third-order valence-corrected chi connectivity index (χ3v) is 2.87. The summed E-state index contributed by atoms with van der Waals surface area (Å²) in [7, 11) is 0. The molecule has 0 amide bonds. The van der Waals surface area contributed by atoms with Crippen LogP contribution in [0.4, 0.5) is 0 Å². The van der Waals surface area contributed by atoms with Crippen molar-refractivity contribution in [3.05, 3.63) is 22.4 Å². The molecule has 0 fully saturated rings. The average Bonchev–Trinajstić information content (AvgIpc) is 2.38. The van der Waals surface area contributed by atoms with E-state index in [2.05, 4.69) is 15.6 Å². The molecule has 10 heavy (non-hydrogen) atoms. The van der Waals surface area contributed by atoms with Gasteiger partial charge in [-0.3, -0.25) is 0 Å². The fourth-order valence-electron chi connectivity index (χ4n) is 0.597. The Bertz CT molecular complexity index is 205. The Morgan fingerprint density at radius 2 is 2.60 bits per heavy atom. The molecule has 1 heterocycles. The molecule has 0 aliphatic carbocycles. The van der Waals surface area contributed by atoms with Gasteiger partial charge in [0.2, 0.25) is 0 Å². The topological polar surface area (TPSA) is 9.23 Å². The van der Waals surface area contributed by atoms with Crippen LogP contribution < -0.4 is 0 Å². The van der Waals surface area contributed by atoms with Gasteiger partial charge in [0.05, 0.1) is 0 Å². The first-order valence-electron chi connectivity index (χ1n) is 3.05. The van der Waals surface area contributed by atoms with Crippen LogP contribution in [0, 0.1) is 0 Å². The zero-order chi connectivity index (χ0) is 7.40. The van der Waals surface area contributed by atoms with E-state index in [1.54, 1.807) is 11.3 Å². The summed E-state index contributed by atoms with van der Waals surface area (Å²) >= 11 is 4.56. The van der Waals surface area contributed by atoms with E-state index in [1.165, 1.54) is 4.88 Å². The van der Waals surface area contributed by atoms with E-state index < -0.39 is 0 Å². The number of hydrogen-bond donors (Lipinski definition) is 0. The zero-order valence-corrected chi connectivity index (χ0v) is 8.19. The van der Waals surface area contributed by atoms with E-state index in [4.69, 9.17) is 4.74 Å². The van der Waals surface area contributed by atoms with E-state index >= 15 is 0 Å². The molecule has 1 aromatic rings. The van der Waals surface area contributed by atoms with E-state index in [-0.39, 0.29) is 0 Å². The van der Waals surface area contributed by atoms with Gasteiger partial charge in [0.1, 0.15) is 0 Å². The Balaban J connectivity index is 2.59. The second kappa shape index (κ2) is 3.91. The number of thiophene rings is 1. The van der Waals surface area contributed by atoms with Crippen LogP contribution in [0.2, 0.25) is 0 Å². The van der Waals surface area contributed by atoms with Crippen molar-refractivity contribution in [3.8, 4) is 0 Å². The summed E-state index contributed by atoms with van der Waals surface area (Å²) in [5.41, 5.74) is 0. The van der Waals surface area contributed by atoms with Crippen molar-refractivity contribution in [2.45, 2.75) is 6.92 Å². The molecule has 0 saturated carbocycles. The monoisotopic (exact) mass is 220 g/mol. The molecule has 0 spiro atoms. The van der Waals surface area contributed by atoms with Crippen molar-refractivity contribution < 1.29 is 4.74 Å². The van der Waals surface area contributed by atoms with Crippen molar-refractivity contribution in [3.63, 3.8) is 0 Å². The molecule has 0 saturated heterocycles. The SMILES string of the molecule is CCOC(=[Se])c1cccs1. The Hall–Kier alpha value is -0.111. The maximum absolute atomic E-state index is 5.26. The maximum atomic E-state index is 5.26. The number of ether oxygens (including phenoxy) is 1. The van der Waals surface area contributed by atoms with Gasteiger partial charge in [-0.25, -0.2) is 0 Å². The van der Waals surface area contributed by atoms with Crippen LogP contribution in [0.1, 0.15) is 11.8 Å². The fraction of sp³-hybridized carbons (Fsp3) is 0.286. The Morgan fingerprint density at radius 3 is 3.10 bits per heavy atom. The molecule has 0 atom stereocenters. The van der Waals surface area contributed by atoms with Gasteiger partial charge in [0, 0.05) is 0 Å². The van der Waals surface area contributed by atoms with Gasteiger partial charge in [-0.15, -0.1) is 0 Å². The van der Waals surface area contributed by atoms with Crippen molar-refractivity contribution >= 4 is 31.5 Å². The molecule has 0 aliphatic rings. The molecule has 3 heteroatoms. The number of hydrogen-bond acceptors (Lipinski definition) is 2.